The molecule has 2 aliphatic rings. The molecular weight excluding hydrogens is 344 g/mol. The number of aromatic nitrogens is 1. The number of carbonyl (C=O) groups excluding carboxylic acids is 1. The summed E-state index contributed by atoms with van der Waals surface area (Å²) >= 11 is 0. The number of fused-ring (bicyclic) bond motifs is 1. The molecule has 4 rings (SSSR count). The Bertz CT molecular complexity index is 851. The molecule has 144 valence electrons. The highest BCUT2D eigenvalue weighted by Gasteiger charge is 2.40. The highest BCUT2D eigenvalue weighted by atomic mass is 16.5. The van der Waals surface area contributed by atoms with Crippen molar-refractivity contribution in [3.63, 3.8) is 0 Å². The number of carboxylic acid groups (broad SMARTS) is 1. The van der Waals surface area contributed by atoms with Crippen molar-refractivity contribution < 1.29 is 19.4 Å². The van der Waals surface area contributed by atoms with E-state index in [1.165, 1.54) is 0 Å². The van der Waals surface area contributed by atoms with Crippen LogP contribution in [0.1, 0.15) is 25.0 Å². The van der Waals surface area contributed by atoms with Gasteiger partial charge in [0.15, 0.2) is 0 Å². The monoisotopic (exact) mass is 370 g/mol. The molecule has 1 amide bonds. The molecule has 2 atom stereocenters. The number of carbonyl (C=O) groups is 2. The van der Waals surface area contributed by atoms with Crippen LogP contribution >= 0.6 is 0 Å². The van der Waals surface area contributed by atoms with E-state index in [4.69, 9.17) is 4.74 Å². The summed E-state index contributed by atoms with van der Waals surface area (Å²) < 4.78 is 7.80. The van der Waals surface area contributed by atoms with Crippen LogP contribution in [-0.4, -0.2) is 52.3 Å². The summed E-state index contributed by atoms with van der Waals surface area (Å²) in [7, 11) is 0. The third-order valence-electron chi connectivity index (χ3n) is 6.12. The number of nitrogens with zero attached hydrogens (tertiary/aromatic N) is 2. The van der Waals surface area contributed by atoms with Gasteiger partial charge in [-0.1, -0.05) is 18.2 Å². The molecule has 2 aliphatic heterocycles. The molecule has 3 heterocycles. The molecule has 0 bridgehead atoms. The molecule has 0 aliphatic carbocycles. The number of hydrogen-bond acceptors (Lipinski definition) is 3. The number of para-hydroxylation sites is 1. The van der Waals surface area contributed by atoms with Gasteiger partial charge in [-0.15, -0.1) is 0 Å². The van der Waals surface area contributed by atoms with E-state index < -0.39 is 11.9 Å². The fraction of sp³-hybridized carbons (Fsp3) is 0.524. The zero-order valence-electron chi connectivity index (χ0n) is 15.6. The molecule has 1 aromatic carbocycles. The summed E-state index contributed by atoms with van der Waals surface area (Å²) in [5.41, 5.74) is 2.17. The number of amides is 1. The minimum atomic E-state index is -0.758. The first-order chi connectivity index (χ1) is 13.0. The maximum Gasteiger partial charge on any atom is 0.309 e. The van der Waals surface area contributed by atoms with Crippen LogP contribution < -0.4 is 0 Å². The summed E-state index contributed by atoms with van der Waals surface area (Å²) in [6.45, 7) is 4.26. The number of rotatable bonds is 4. The van der Waals surface area contributed by atoms with E-state index in [0.717, 1.165) is 29.4 Å². The van der Waals surface area contributed by atoms with Gasteiger partial charge >= 0.3 is 5.97 Å². The van der Waals surface area contributed by atoms with Crippen molar-refractivity contribution in [1.82, 2.24) is 9.47 Å². The fourth-order valence-electron chi connectivity index (χ4n) is 4.61. The molecule has 6 heteroatoms. The Morgan fingerprint density at radius 3 is 2.67 bits per heavy atom. The normalized spacial score (nSPS) is 23.8. The van der Waals surface area contributed by atoms with E-state index in [9.17, 15) is 14.7 Å². The quantitative estimate of drug-likeness (QED) is 0.898. The molecule has 2 saturated heterocycles. The Labute approximate surface area is 158 Å². The first-order valence-corrected chi connectivity index (χ1v) is 9.71. The Kier molecular flexibility index (Phi) is 4.91. The molecule has 1 N–H and O–H groups in total. The standard InChI is InChI=1S/C21H26N2O4/c1-14-12-16-4-2-3-5-18(16)23(14)13-19(24)22-9-6-15(7-10-22)20-17(21(25)26)8-11-27-20/h2-5,12,15,17,20H,6-11,13H2,1H3,(H,25,26)/t17?,20-/m0/s1. The number of hydrogen-bond donors (Lipinski definition) is 1. The number of carboxylic acids is 1. The number of aliphatic carboxylic acids is 1. The van der Waals surface area contributed by atoms with Gasteiger partial charge in [0.1, 0.15) is 6.54 Å². The van der Waals surface area contributed by atoms with Gasteiger partial charge in [-0.3, -0.25) is 9.59 Å². The maximum absolute atomic E-state index is 12.8. The van der Waals surface area contributed by atoms with Crippen molar-refractivity contribution in [3.8, 4) is 0 Å². The van der Waals surface area contributed by atoms with Crippen molar-refractivity contribution in [2.24, 2.45) is 11.8 Å². The molecular formula is C21H26N2O4. The SMILES string of the molecule is Cc1cc2ccccc2n1CC(=O)N1CCC([C@@H]2OCCC2C(=O)O)CC1. The smallest absolute Gasteiger partial charge is 0.309 e. The van der Waals surface area contributed by atoms with Crippen LogP contribution in [-0.2, 0) is 20.9 Å². The van der Waals surface area contributed by atoms with E-state index in [1.54, 1.807) is 0 Å². The van der Waals surface area contributed by atoms with Gasteiger partial charge in [0.05, 0.1) is 12.0 Å². The van der Waals surface area contributed by atoms with Crippen LogP contribution in [0.3, 0.4) is 0 Å². The molecule has 6 nitrogen and oxygen atoms in total. The zero-order valence-corrected chi connectivity index (χ0v) is 15.6. The van der Waals surface area contributed by atoms with Gasteiger partial charge < -0.3 is 19.3 Å². The minimum absolute atomic E-state index is 0.125. The van der Waals surface area contributed by atoms with Crippen molar-refractivity contribution in [2.75, 3.05) is 19.7 Å². The van der Waals surface area contributed by atoms with Crippen LogP contribution in [0, 0.1) is 18.8 Å². The summed E-state index contributed by atoms with van der Waals surface area (Å²) in [4.78, 5) is 26.2. The van der Waals surface area contributed by atoms with E-state index in [1.807, 2.05) is 30.0 Å². The topological polar surface area (TPSA) is 71.8 Å². The summed E-state index contributed by atoms with van der Waals surface area (Å²) in [6, 6.07) is 10.2. The van der Waals surface area contributed by atoms with Crippen molar-refractivity contribution in [3.05, 3.63) is 36.0 Å². The lowest BCUT2D eigenvalue weighted by Crippen LogP contribution is -2.44. The number of likely N-dealkylation sites (tertiary alicyclic amines) is 1. The second-order valence-corrected chi connectivity index (χ2v) is 7.72. The molecule has 1 aromatic heterocycles. The molecule has 27 heavy (non-hydrogen) atoms. The average molecular weight is 370 g/mol. The number of piperidine rings is 1. The lowest BCUT2D eigenvalue weighted by molar-refractivity contribution is -0.146. The van der Waals surface area contributed by atoms with Gasteiger partial charge in [0.25, 0.3) is 0 Å². The Hall–Kier alpha value is -2.34. The van der Waals surface area contributed by atoms with Crippen LogP contribution in [0.4, 0.5) is 0 Å². The number of ether oxygens (including phenoxy) is 1. The predicted molar refractivity (Wildman–Crippen MR) is 101 cm³/mol. The number of aryl methyl sites for hydroxylation is 1. The van der Waals surface area contributed by atoms with E-state index in [0.29, 0.717) is 32.7 Å². The Morgan fingerprint density at radius 1 is 1.19 bits per heavy atom. The lowest BCUT2D eigenvalue weighted by atomic mass is 9.84. The van der Waals surface area contributed by atoms with Crippen molar-refractivity contribution in [2.45, 2.75) is 38.8 Å². The van der Waals surface area contributed by atoms with E-state index >= 15 is 0 Å². The van der Waals surface area contributed by atoms with Gasteiger partial charge in [-0.05, 0) is 49.6 Å². The summed E-state index contributed by atoms with van der Waals surface area (Å²) in [5, 5.41) is 10.5. The van der Waals surface area contributed by atoms with Crippen LogP contribution in [0.15, 0.2) is 30.3 Å². The zero-order chi connectivity index (χ0) is 19.0. The molecule has 1 unspecified atom stereocenters. The summed E-state index contributed by atoms with van der Waals surface area (Å²) in [6.07, 6.45) is 2.02. The van der Waals surface area contributed by atoms with Crippen molar-refractivity contribution in [1.29, 1.82) is 0 Å². The first-order valence-electron chi connectivity index (χ1n) is 9.71. The number of benzene rings is 1. The van der Waals surface area contributed by atoms with Crippen LogP contribution in [0.2, 0.25) is 0 Å². The van der Waals surface area contributed by atoms with Gasteiger partial charge in [-0.25, -0.2) is 0 Å². The third kappa shape index (κ3) is 3.46. The Balaban J connectivity index is 1.39. The highest BCUT2D eigenvalue weighted by Crippen LogP contribution is 2.33. The molecule has 2 fully saturated rings. The van der Waals surface area contributed by atoms with Gasteiger partial charge in [-0.2, -0.15) is 0 Å². The molecule has 0 radical (unpaired) electrons. The predicted octanol–water partition coefficient (Wildman–Crippen LogP) is 2.68. The second-order valence-electron chi connectivity index (χ2n) is 7.72. The van der Waals surface area contributed by atoms with Crippen molar-refractivity contribution >= 4 is 22.8 Å². The highest BCUT2D eigenvalue weighted by molar-refractivity contribution is 5.84. The largest absolute Gasteiger partial charge is 0.481 e. The van der Waals surface area contributed by atoms with Gasteiger partial charge in [0, 0.05) is 30.9 Å². The molecule has 0 saturated carbocycles. The van der Waals surface area contributed by atoms with Crippen LogP contribution in [0.25, 0.3) is 10.9 Å². The maximum atomic E-state index is 12.8. The Morgan fingerprint density at radius 2 is 1.93 bits per heavy atom. The average Bonchev–Trinajstić information content (AvgIpc) is 3.27. The summed E-state index contributed by atoms with van der Waals surface area (Å²) in [5.74, 6) is -0.802. The fourth-order valence-corrected chi connectivity index (χ4v) is 4.61. The second kappa shape index (κ2) is 7.35. The first kappa shape index (κ1) is 18.0. The van der Waals surface area contributed by atoms with Crippen LogP contribution in [0.5, 0.6) is 0 Å². The minimum Gasteiger partial charge on any atom is -0.481 e. The van der Waals surface area contributed by atoms with E-state index in [2.05, 4.69) is 16.7 Å². The van der Waals surface area contributed by atoms with Gasteiger partial charge in [0.2, 0.25) is 5.91 Å². The third-order valence-corrected chi connectivity index (χ3v) is 6.12. The molecule has 2 aromatic rings. The van der Waals surface area contributed by atoms with E-state index in [-0.39, 0.29) is 17.9 Å². The molecule has 0 spiro atoms. The lowest BCUT2D eigenvalue weighted by Gasteiger charge is -2.35.